The van der Waals surface area contributed by atoms with E-state index in [0.717, 1.165) is 30.9 Å². The summed E-state index contributed by atoms with van der Waals surface area (Å²) in [6.45, 7) is 5.07. The van der Waals surface area contributed by atoms with Crippen molar-refractivity contribution in [3.05, 3.63) is 11.3 Å². The van der Waals surface area contributed by atoms with E-state index in [9.17, 15) is 4.79 Å². The van der Waals surface area contributed by atoms with Crippen LogP contribution in [-0.4, -0.2) is 40.2 Å². The minimum Gasteiger partial charge on any atom is -0.384 e. The smallest absolute Gasteiger partial charge is 0.221 e. The molecule has 0 atom stereocenters. The van der Waals surface area contributed by atoms with E-state index in [4.69, 9.17) is 5.73 Å². The van der Waals surface area contributed by atoms with Crippen molar-refractivity contribution in [3.8, 4) is 0 Å². The molecule has 0 spiro atoms. The summed E-state index contributed by atoms with van der Waals surface area (Å²) in [4.78, 5) is 13.5. The average molecular weight is 237 g/mol. The van der Waals surface area contributed by atoms with Crippen LogP contribution in [0.15, 0.2) is 0 Å². The molecule has 94 valence electrons. The number of hydrogen-bond acceptors (Lipinski definition) is 4. The van der Waals surface area contributed by atoms with Gasteiger partial charge in [0.05, 0.1) is 5.69 Å². The minimum atomic E-state index is 0.128. The van der Waals surface area contributed by atoms with Crippen molar-refractivity contribution in [1.29, 1.82) is 0 Å². The maximum absolute atomic E-state index is 11.2. The summed E-state index contributed by atoms with van der Waals surface area (Å²) in [6, 6.07) is 0. The number of carbonyl (C=O) groups excluding carboxylic acids is 1. The topological polar surface area (TPSA) is 76.2 Å². The van der Waals surface area contributed by atoms with Crippen LogP contribution >= 0.6 is 0 Å². The van der Waals surface area contributed by atoms with Crippen molar-refractivity contribution in [2.75, 3.05) is 25.4 Å². The van der Waals surface area contributed by atoms with Gasteiger partial charge in [-0.3, -0.25) is 14.4 Å². The highest BCUT2D eigenvalue weighted by Crippen LogP contribution is 2.17. The third-order valence-electron chi connectivity index (χ3n) is 3.18. The van der Waals surface area contributed by atoms with E-state index in [2.05, 4.69) is 15.3 Å². The Morgan fingerprint density at radius 1 is 1.47 bits per heavy atom. The zero-order valence-electron chi connectivity index (χ0n) is 10.4. The SMILES string of the molecule is Cc1nn(C)c(N)c1CN1CCNC(=O)CC1. The summed E-state index contributed by atoms with van der Waals surface area (Å²) in [5, 5.41) is 7.16. The van der Waals surface area contributed by atoms with Gasteiger partial charge < -0.3 is 11.1 Å². The number of aryl methyl sites for hydroxylation is 2. The monoisotopic (exact) mass is 237 g/mol. The number of carbonyl (C=O) groups is 1. The molecular weight excluding hydrogens is 218 g/mol. The van der Waals surface area contributed by atoms with Gasteiger partial charge in [-0.25, -0.2) is 0 Å². The number of nitrogens with zero attached hydrogens (tertiary/aromatic N) is 3. The van der Waals surface area contributed by atoms with Gasteiger partial charge in [0.15, 0.2) is 0 Å². The number of nitrogen functional groups attached to an aromatic ring is 1. The van der Waals surface area contributed by atoms with E-state index >= 15 is 0 Å². The van der Waals surface area contributed by atoms with Crippen LogP contribution in [0.4, 0.5) is 5.82 Å². The van der Waals surface area contributed by atoms with Crippen LogP contribution in [0.5, 0.6) is 0 Å². The maximum atomic E-state index is 11.2. The number of rotatable bonds is 2. The number of nitrogens with two attached hydrogens (primary N) is 1. The van der Waals surface area contributed by atoms with Gasteiger partial charge in [0.2, 0.25) is 5.91 Å². The standard InChI is InChI=1S/C11H19N5O/c1-8-9(11(12)15(2)14-8)7-16-5-3-10(17)13-4-6-16/h3-7,12H2,1-2H3,(H,13,17). The second kappa shape index (κ2) is 4.75. The first-order chi connectivity index (χ1) is 8.08. The van der Waals surface area contributed by atoms with Gasteiger partial charge >= 0.3 is 0 Å². The minimum absolute atomic E-state index is 0.128. The van der Waals surface area contributed by atoms with Gasteiger partial charge in [0, 0.05) is 45.2 Å². The quantitative estimate of drug-likeness (QED) is 0.736. The highest BCUT2D eigenvalue weighted by molar-refractivity contribution is 5.76. The largest absolute Gasteiger partial charge is 0.384 e. The molecule has 1 fully saturated rings. The van der Waals surface area contributed by atoms with Crippen molar-refractivity contribution in [2.45, 2.75) is 19.9 Å². The molecular formula is C11H19N5O. The van der Waals surface area contributed by atoms with Crippen molar-refractivity contribution >= 4 is 11.7 Å². The normalized spacial score (nSPS) is 17.9. The second-order valence-corrected chi connectivity index (χ2v) is 4.45. The molecule has 1 amide bonds. The lowest BCUT2D eigenvalue weighted by Gasteiger charge is -2.18. The van der Waals surface area contributed by atoms with Crippen LogP contribution in [0.3, 0.4) is 0 Å². The van der Waals surface area contributed by atoms with Crippen LogP contribution in [0.1, 0.15) is 17.7 Å². The van der Waals surface area contributed by atoms with E-state index in [1.165, 1.54) is 0 Å². The van der Waals surface area contributed by atoms with Crippen LogP contribution in [0.25, 0.3) is 0 Å². The third-order valence-corrected chi connectivity index (χ3v) is 3.18. The first-order valence-electron chi connectivity index (χ1n) is 5.85. The molecule has 0 radical (unpaired) electrons. The number of amides is 1. The molecule has 1 aromatic heterocycles. The molecule has 0 saturated carbocycles. The molecule has 0 bridgehead atoms. The molecule has 0 aromatic carbocycles. The summed E-state index contributed by atoms with van der Waals surface area (Å²) in [5.41, 5.74) is 8.02. The lowest BCUT2D eigenvalue weighted by Crippen LogP contribution is -2.28. The van der Waals surface area contributed by atoms with Gasteiger partial charge in [0.25, 0.3) is 0 Å². The maximum Gasteiger partial charge on any atom is 0.221 e. The van der Waals surface area contributed by atoms with Crippen LogP contribution in [0, 0.1) is 6.92 Å². The van der Waals surface area contributed by atoms with Gasteiger partial charge in [-0.15, -0.1) is 0 Å². The number of nitrogens with one attached hydrogen (secondary N) is 1. The van der Waals surface area contributed by atoms with E-state index in [0.29, 0.717) is 18.8 Å². The van der Waals surface area contributed by atoms with Gasteiger partial charge in [-0.2, -0.15) is 5.10 Å². The Bertz CT molecular complexity index is 426. The van der Waals surface area contributed by atoms with Crippen LogP contribution < -0.4 is 11.1 Å². The lowest BCUT2D eigenvalue weighted by atomic mass is 10.2. The first-order valence-corrected chi connectivity index (χ1v) is 5.85. The highest BCUT2D eigenvalue weighted by atomic mass is 16.1. The predicted octanol–water partition coefficient (Wildman–Crippen LogP) is -0.367. The third kappa shape index (κ3) is 2.58. The summed E-state index contributed by atoms with van der Waals surface area (Å²) in [6.07, 6.45) is 0.555. The molecule has 0 unspecified atom stereocenters. The molecule has 1 saturated heterocycles. The Morgan fingerprint density at radius 2 is 2.24 bits per heavy atom. The van der Waals surface area contributed by atoms with Crippen LogP contribution in [0.2, 0.25) is 0 Å². The van der Waals surface area contributed by atoms with E-state index in [-0.39, 0.29) is 5.91 Å². The lowest BCUT2D eigenvalue weighted by molar-refractivity contribution is -0.120. The molecule has 1 aliphatic rings. The average Bonchev–Trinajstić information content (AvgIpc) is 2.46. The Balaban J connectivity index is 2.07. The van der Waals surface area contributed by atoms with Gasteiger partial charge in [0.1, 0.15) is 5.82 Å². The summed E-state index contributed by atoms with van der Waals surface area (Å²) in [5.74, 6) is 0.842. The van der Waals surface area contributed by atoms with E-state index < -0.39 is 0 Å². The zero-order valence-corrected chi connectivity index (χ0v) is 10.4. The Morgan fingerprint density at radius 3 is 2.88 bits per heavy atom. The predicted molar refractivity (Wildman–Crippen MR) is 65.3 cm³/mol. The number of aromatic nitrogens is 2. The van der Waals surface area contributed by atoms with Crippen molar-refractivity contribution < 1.29 is 4.79 Å². The Kier molecular flexibility index (Phi) is 3.33. The molecule has 2 heterocycles. The zero-order chi connectivity index (χ0) is 12.4. The summed E-state index contributed by atoms with van der Waals surface area (Å²) >= 11 is 0. The molecule has 0 aliphatic carbocycles. The number of hydrogen-bond donors (Lipinski definition) is 2. The fraction of sp³-hybridized carbons (Fsp3) is 0.636. The van der Waals surface area contributed by atoms with Gasteiger partial charge in [-0.1, -0.05) is 0 Å². The van der Waals surface area contributed by atoms with Crippen LogP contribution in [-0.2, 0) is 18.4 Å². The van der Waals surface area contributed by atoms with E-state index in [1.807, 2.05) is 14.0 Å². The van der Waals surface area contributed by atoms with Crippen molar-refractivity contribution in [3.63, 3.8) is 0 Å². The molecule has 1 aromatic rings. The Labute approximate surface area is 101 Å². The van der Waals surface area contributed by atoms with Crippen molar-refractivity contribution in [1.82, 2.24) is 20.0 Å². The van der Waals surface area contributed by atoms with Crippen molar-refractivity contribution in [2.24, 2.45) is 7.05 Å². The molecule has 2 rings (SSSR count). The molecule has 3 N–H and O–H groups in total. The molecule has 6 heteroatoms. The second-order valence-electron chi connectivity index (χ2n) is 4.45. The summed E-state index contributed by atoms with van der Waals surface area (Å²) in [7, 11) is 1.85. The molecule has 17 heavy (non-hydrogen) atoms. The Hall–Kier alpha value is -1.56. The fourth-order valence-electron chi connectivity index (χ4n) is 2.11. The first kappa shape index (κ1) is 11.9. The molecule has 1 aliphatic heterocycles. The highest BCUT2D eigenvalue weighted by Gasteiger charge is 2.17. The van der Waals surface area contributed by atoms with Gasteiger partial charge in [-0.05, 0) is 6.92 Å². The fourth-order valence-corrected chi connectivity index (χ4v) is 2.11. The van der Waals surface area contributed by atoms with E-state index in [1.54, 1.807) is 4.68 Å². The number of anilines is 1. The molecule has 6 nitrogen and oxygen atoms in total. The summed E-state index contributed by atoms with van der Waals surface area (Å²) < 4.78 is 1.70.